The van der Waals surface area contributed by atoms with Crippen LogP contribution in [0.5, 0.6) is 5.75 Å². The Labute approximate surface area is 129 Å². The number of hydrogen-bond acceptors (Lipinski definition) is 4. The van der Waals surface area contributed by atoms with Gasteiger partial charge < -0.3 is 14.8 Å². The van der Waals surface area contributed by atoms with Crippen molar-refractivity contribution in [3.63, 3.8) is 0 Å². The highest BCUT2D eigenvalue weighted by atomic mass is 16.5. The van der Waals surface area contributed by atoms with E-state index < -0.39 is 0 Å². The largest absolute Gasteiger partial charge is 0.492 e. The van der Waals surface area contributed by atoms with Gasteiger partial charge in [-0.25, -0.2) is 0 Å². The van der Waals surface area contributed by atoms with Crippen molar-refractivity contribution >= 4 is 0 Å². The van der Waals surface area contributed by atoms with Gasteiger partial charge in [-0.1, -0.05) is 34.6 Å². The van der Waals surface area contributed by atoms with Gasteiger partial charge in [-0.3, -0.25) is 4.98 Å². The summed E-state index contributed by atoms with van der Waals surface area (Å²) in [7, 11) is 1.77. The maximum absolute atomic E-state index is 5.77. The van der Waals surface area contributed by atoms with Gasteiger partial charge >= 0.3 is 0 Å². The number of hydrogen-bond donors (Lipinski definition) is 1. The SMILES string of the molecule is CCCOc1cncc(C(NCC)C(OC)C(C)(C)C)c1. The third-order valence-electron chi connectivity index (χ3n) is 3.40. The zero-order valence-corrected chi connectivity index (χ0v) is 14.3. The zero-order valence-electron chi connectivity index (χ0n) is 14.3. The van der Waals surface area contributed by atoms with Crippen LogP contribution in [0.2, 0.25) is 0 Å². The molecule has 0 aromatic carbocycles. The first-order chi connectivity index (χ1) is 9.93. The van der Waals surface area contributed by atoms with Crippen LogP contribution < -0.4 is 10.1 Å². The summed E-state index contributed by atoms with van der Waals surface area (Å²) in [6.45, 7) is 12.4. The summed E-state index contributed by atoms with van der Waals surface area (Å²) >= 11 is 0. The number of methoxy groups -OCH3 is 1. The van der Waals surface area contributed by atoms with Gasteiger partial charge in [-0.15, -0.1) is 0 Å². The van der Waals surface area contributed by atoms with Crippen LogP contribution in [-0.4, -0.2) is 31.3 Å². The van der Waals surface area contributed by atoms with Gasteiger partial charge in [0.25, 0.3) is 0 Å². The Hall–Kier alpha value is -1.13. The van der Waals surface area contributed by atoms with E-state index in [2.05, 4.69) is 51.0 Å². The molecule has 0 fully saturated rings. The minimum Gasteiger partial charge on any atom is -0.492 e. The number of nitrogens with one attached hydrogen (secondary N) is 1. The maximum atomic E-state index is 5.77. The molecule has 0 amide bonds. The maximum Gasteiger partial charge on any atom is 0.137 e. The molecule has 21 heavy (non-hydrogen) atoms. The van der Waals surface area contributed by atoms with E-state index in [1.165, 1.54) is 0 Å². The molecule has 0 radical (unpaired) electrons. The summed E-state index contributed by atoms with van der Waals surface area (Å²) in [5.41, 5.74) is 1.13. The Kier molecular flexibility index (Phi) is 7.12. The van der Waals surface area contributed by atoms with E-state index in [1.807, 2.05) is 6.20 Å². The lowest BCUT2D eigenvalue weighted by Crippen LogP contribution is -2.41. The topological polar surface area (TPSA) is 43.4 Å². The summed E-state index contributed by atoms with van der Waals surface area (Å²) in [6, 6.07) is 2.16. The van der Waals surface area contributed by atoms with Crippen LogP contribution >= 0.6 is 0 Å². The molecular formula is C17H30N2O2. The lowest BCUT2D eigenvalue weighted by molar-refractivity contribution is -0.0117. The van der Waals surface area contributed by atoms with Crippen molar-refractivity contribution in [3.8, 4) is 5.75 Å². The van der Waals surface area contributed by atoms with Crippen molar-refractivity contribution in [2.75, 3.05) is 20.3 Å². The van der Waals surface area contributed by atoms with Crippen LogP contribution in [0, 0.1) is 5.41 Å². The van der Waals surface area contributed by atoms with Gasteiger partial charge in [0.15, 0.2) is 0 Å². The monoisotopic (exact) mass is 294 g/mol. The first-order valence-electron chi connectivity index (χ1n) is 7.77. The molecule has 0 saturated carbocycles. The predicted octanol–water partition coefficient (Wildman–Crippen LogP) is 3.58. The molecule has 1 heterocycles. The van der Waals surface area contributed by atoms with E-state index in [0.717, 1.165) is 24.3 Å². The molecule has 4 heteroatoms. The normalized spacial score (nSPS) is 14.8. The summed E-state index contributed by atoms with van der Waals surface area (Å²) in [5.74, 6) is 0.820. The van der Waals surface area contributed by atoms with Gasteiger partial charge in [0.1, 0.15) is 5.75 Å². The molecule has 0 bridgehead atoms. The number of pyridine rings is 1. The zero-order chi connectivity index (χ0) is 15.9. The molecule has 0 aliphatic rings. The molecule has 1 rings (SSSR count). The molecule has 0 aliphatic heterocycles. The fourth-order valence-corrected chi connectivity index (χ4v) is 2.51. The second-order valence-corrected chi connectivity index (χ2v) is 6.36. The minimum atomic E-state index is 0.0296. The third kappa shape index (κ3) is 5.29. The standard InChI is InChI=1S/C17H30N2O2/c1-7-9-21-14-10-13(11-18-12-14)15(19-8-2)16(20-6)17(3,4)5/h10-12,15-16,19H,7-9H2,1-6H3. The number of aromatic nitrogens is 1. The van der Waals surface area contributed by atoms with Crippen LogP contribution in [0.3, 0.4) is 0 Å². The van der Waals surface area contributed by atoms with Crippen molar-refractivity contribution in [1.29, 1.82) is 0 Å². The average Bonchev–Trinajstić information content (AvgIpc) is 2.44. The predicted molar refractivity (Wildman–Crippen MR) is 86.7 cm³/mol. The molecule has 120 valence electrons. The van der Waals surface area contributed by atoms with E-state index in [9.17, 15) is 0 Å². The first kappa shape index (κ1) is 17.9. The van der Waals surface area contributed by atoms with Crippen molar-refractivity contribution in [3.05, 3.63) is 24.0 Å². The smallest absolute Gasteiger partial charge is 0.137 e. The quantitative estimate of drug-likeness (QED) is 0.796. The molecule has 1 N–H and O–H groups in total. The van der Waals surface area contributed by atoms with Gasteiger partial charge in [-0.2, -0.15) is 0 Å². The first-order valence-corrected chi connectivity index (χ1v) is 7.77. The van der Waals surface area contributed by atoms with E-state index in [-0.39, 0.29) is 17.6 Å². The van der Waals surface area contributed by atoms with Crippen LogP contribution in [0.15, 0.2) is 18.5 Å². The van der Waals surface area contributed by atoms with E-state index in [0.29, 0.717) is 6.61 Å². The molecule has 0 saturated heterocycles. The van der Waals surface area contributed by atoms with E-state index >= 15 is 0 Å². The van der Waals surface area contributed by atoms with Gasteiger partial charge in [0.2, 0.25) is 0 Å². The number of ether oxygens (including phenoxy) is 2. The van der Waals surface area contributed by atoms with E-state index in [4.69, 9.17) is 9.47 Å². The Morgan fingerprint density at radius 2 is 1.95 bits per heavy atom. The number of nitrogens with zero attached hydrogens (tertiary/aromatic N) is 1. The van der Waals surface area contributed by atoms with Crippen molar-refractivity contribution in [2.24, 2.45) is 5.41 Å². The number of rotatable bonds is 8. The Morgan fingerprint density at radius 3 is 2.48 bits per heavy atom. The highest BCUT2D eigenvalue weighted by Gasteiger charge is 2.33. The lowest BCUT2D eigenvalue weighted by Gasteiger charge is -2.36. The lowest BCUT2D eigenvalue weighted by atomic mass is 9.82. The fourth-order valence-electron chi connectivity index (χ4n) is 2.51. The van der Waals surface area contributed by atoms with Crippen LogP contribution in [-0.2, 0) is 4.74 Å². The Bertz CT molecular complexity index is 415. The summed E-state index contributed by atoms with van der Waals surface area (Å²) in [6.07, 6.45) is 4.70. The van der Waals surface area contributed by atoms with Gasteiger partial charge in [0, 0.05) is 13.3 Å². The van der Waals surface area contributed by atoms with Gasteiger partial charge in [-0.05, 0) is 30.0 Å². The molecule has 0 aliphatic carbocycles. The molecule has 0 spiro atoms. The van der Waals surface area contributed by atoms with Crippen LogP contribution in [0.1, 0.15) is 52.6 Å². The average molecular weight is 294 g/mol. The van der Waals surface area contributed by atoms with Gasteiger partial charge in [0.05, 0.1) is 24.9 Å². The Balaban J connectivity index is 3.04. The van der Waals surface area contributed by atoms with Crippen LogP contribution in [0.4, 0.5) is 0 Å². The molecule has 1 aromatic heterocycles. The molecular weight excluding hydrogens is 264 g/mol. The highest BCUT2D eigenvalue weighted by molar-refractivity contribution is 5.27. The molecule has 4 nitrogen and oxygen atoms in total. The molecule has 2 atom stereocenters. The van der Waals surface area contributed by atoms with Crippen LogP contribution in [0.25, 0.3) is 0 Å². The third-order valence-corrected chi connectivity index (χ3v) is 3.40. The molecule has 1 aromatic rings. The number of likely N-dealkylation sites (N-methyl/N-ethyl adjacent to an activating group) is 1. The van der Waals surface area contributed by atoms with Crippen molar-refractivity contribution < 1.29 is 9.47 Å². The summed E-state index contributed by atoms with van der Waals surface area (Å²) in [4.78, 5) is 4.32. The fraction of sp³-hybridized carbons (Fsp3) is 0.706. The Morgan fingerprint density at radius 1 is 1.24 bits per heavy atom. The summed E-state index contributed by atoms with van der Waals surface area (Å²) in [5, 5.41) is 3.52. The second-order valence-electron chi connectivity index (χ2n) is 6.36. The highest BCUT2D eigenvalue weighted by Crippen LogP contribution is 2.33. The second kappa shape index (κ2) is 8.35. The minimum absolute atomic E-state index is 0.0296. The van der Waals surface area contributed by atoms with Crippen molar-refractivity contribution in [2.45, 2.75) is 53.2 Å². The van der Waals surface area contributed by atoms with Crippen molar-refractivity contribution in [1.82, 2.24) is 10.3 Å². The molecule has 2 unspecified atom stereocenters. The van der Waals surface area contributed by atoms with E-state index in [1.54, 1.807) is 13.3 Å². The summed E-state index contributed by atoms with van der Waals surface area (Å²) < 4.78 is 11.5.